The topological polar surface area (TPSA) is 44.5 Å². The summed E-state index contributed by atoms with van der Waals surface area (Å²) in [5.74, 6) is 0.879. The summed E-state index contributed by atoms with van der Waals surface area (Å²) in [5.41, 5.74) is 8.93. The van der Waals surface area contributed by atoms with Gasteiger partial charge in [-0.2, -0.15) is 0 Å². The predicted octanol–water partition coefficient (Wildman–Crippen LogP) is 4.00. The molecule has 0 saturated heterocycles. The van der Waals surface area contributed by atoms with Crippen molar-refractivity contribution in [2.75, 3.05) is 13.7 Å². The van der Waals surface area contributed by atoms with Crippen LogP contribution in [0, 0.1) is 0 Å². The van der Waals surface area contributed by atoms with E-state index in [1.165, 1.54) is 36.8 Å². The van der Waals surface area contributed by atoms with Gasteiger partial charge in [0.15, 0.2) is 0 Å². The second kappa shape index (κ2) is 8.40. The summed E-state index contributed by atoms with van der Waals surface area (Å²) in [6, 6.07) is 6.19. The van der Waals surface area contributed by atoms with Crippen LogP contribution >= 0.6 is 0 Å². The van der Waals surface area contributed by atoms with Crippen LogP contribution in [0.2, 0.25) is 0 Å². The van der Waals surface area contributed by atoms with Gasteiger partial charge in [-0.15, -0.1) is 0 Å². The summed E-state index contributed by atoms with van der Waals surface area (Å²) in [6.45, 7) is 3.07. The number of nitrogens with two attached hydrogens (primary N) is 1. The molecule has 2 rings (SSSR count). The van der Waals surface area contributed by atoms with E-state index in [-0.39, 0.29) is 12.1 Å². The Morgan fingerprint density at radius 2 is 2.00 bits per heavy atom. The number of unbranched alkanes of at least 4 members (excludes halogenated alkanes) is 4. The fourth-order valence-corrected chi connectivity index (χ4v) is 3.04. The largest absolute Gasteiger partial charge is 0.497 e. The zero-order chi connectivity index (χ0) is 15.1. The van der Waals surface area contributed by atoms with E-state index in [1.54, 1.807) is 7.11 Å². The summed E-state index contributed by atoms with van der Waals surface area (Å²) >= 11 is 0. The first-order chi connectivity index (χ1) is 10.3. The molecule has 1 aromatic rings. The van der Waals surface area contributed by atoms with Crippen molar-refractivity contribution in [2.45, 2.75) is 64.0 Å². The Bertz CT molecular complexity index is 433. The lowest BCUT2D eigenvalue weighted by Crippen LogP contribution is -2.34. The van der Waals surface area contributed by atoms with Gasteiger partial charge in [0.25, 0.3) is 0 Å². The number of methoxy groups -OCH3 is 1. The standard InChI is InChI=1S/C18H29NO2/c1-3-4-5-6-7-12-21-17-11-9-14-8-10-15(20-2)13-16(14)18(17)19/h8,10,13,17-18H,3-7,9,11-12,19H2,1-2H3. The Morgan fingerprint density at radius 3 is 2.76 bits per heavy atom. The number of benzene rings is 1. The van der Waals surface area contributed by atoms with E-state index in [0.29, 0.717) is 0 Å². The molecule has 0 radical (unpaired) electrons. The van der Waals surface area contributed by atoms with Crippen molar-refractivity contribution < 1.29 is 9.47 Å². The van der Waals surface area contributed by atoms with Gasteiger partial charge in [0.1, 0.15) is 5.75 Å². The molecule has 21 heavy (non-hydrogen) atoms. The third-order valence-electron chi connectivity index (χ3n) is 4.39. The average molecular weight is 291 g/mol. The Balaban J connectivity index is 1.83. The molecule has 0 saturated carbocycles. The Hall–Kier alpha value is -1.06. The van der Waals surface area contributed by atoms with Crippen molar-refractivity contribution in [1.82, 2.24) is 0 Å². The molecule has 2 atom stereocenters. The molecule has 3 nitrogen and oxygen atoms in total. The number of ether oxygens (including phenoxy) is 2. The van der Waals surface area contributed by atoms with Crippen LogP contribution in [-0.4, -0.2) is 19.8 Å². The smallest absolute Gasteiger partial charge is 0.119 e. The van der Waals surface area contributed by atoms with Crippen LogP contribution in [0.5, 0.6) is 5.75 Å². The molecule has 0 aliphatic heterocycles. The molecule has 0 fully saturated rings. The fourth-order valence-electron chi connectivity index (χ4n) is 3.04. The van der Waals surface area contributed by atoms with E-state index in [4.69, 9.17) is 15.2 Å². The minimum atomic E-state index is -0.0282. The zero-order valence-corrected chi connectivity index (χ0v) is 13.4. The van der Waals surface area contributed by atoms with E-state index in [9.17, 15) is 0 Å². The maximum Gasteiger partial charge on any atom is 0.119 e. The highest BCUT2D eigenvalue weighted by Gasteiger charge is 2.27. The lowest BCUT2D eigenvalue weighted by Gasteiger charge is -2.31. The summed E-state index contributed by atoms with van der Waals surface area (Å²) in [7, 11) is 1.69. The number of hydrogen-bond donors (Lipinski definition) is 1. The number of fused-ring (bicyclic) bond motifs is 1. The quantitative estimate of drug-likeness (QED) is 0.736. The van der Waals surface area contributed by atoms with Crippen LogP contribution in [0.15, 0.2) is 18.2 Å². The van der Waals surface area contributed by atoms with Crippen LogP contribution in [0.25, 0.3) is 0 Å². The van der Waals surface area contributed by atoms with Gasteiger partial charge in [0.2, 0.25) is 0 Å². The SMILES string of the molecule is CCCCCCCOC1CCc2ccc(OC)cc2C1N. The van der Waals surface area contributed by atoms with Crippen LogP contribution in [0.4, 0.5) is 0 Å². The highest BCUT2D eigenvalue weighted by Crippen LogP contribution is 2.32. The van der Waals surface area contributed by atoms with Gasteiger partial charge < -0.3 is 15.2 Å². The molecule has 0 aromatic heterocycles. The molecule has 118 valence electrons. The first-order valence-corrected chi connectivity index (χ1v) is 8.30. The monoisotopic (exact) mass is 291 g/mol. The van der Waals surface area contributed by atoms with Crippen LogP contribution in [-0.2, 0) is 11.2 Å². The number of rotatable bonds is 8. The molecule has 3 heteroatoms. The Morgan fingerprint density at radius 1 is 1.19 bits per heavy atom. The van der Waals surface area contributed by atoms with Crippen molar-refractivity contribution in [2.24, 2.45) is 5.73 Å². The molecular formula is C18H29NO2. The summed E-state index contributed by atoms with van der Waals surface area (Å²) in [4.78, 5) is 0. The molecule has 1 aliphatic rings. The normalized spacial score (nSPS) is 21.1. The first-order valence-electron chi connectivity index (χ1n) is 8.30. The average Bonchev–Trinajstić information content (AvgIpc) is 2.52. The van der Waals surface area contributed by atoms with Crippen molar-refractivity contribution in [3.05, 3.63) is 29.3 Å². The van der Waals surface area contributed by atoms with E-state index in [2.05, 4.69) is 19.1 Å². The molecular weight excluding hydrogens is 262 g/mol. The third-order valence-corrected chi connectivity index (χ3v) is 4.39. The lowest BCUT2D eigenvalue weighted by molar-refractivity contribution is 0.0229. The Kier molecular flexibility index (Phi) is 6.52. The van der Waals surface area contributed by atoms with Gasteiger partial charge in [0.05, 0.1) is 19.3 Å². The molecule has 1 aromatic carbocycles. The molecule has 0 spiro atoms. The van der Waals surface area contributed by atoms with E-state index < -0.39 is 0 Å². The second-order valence-corrected chi connectivity index (χ2v) is 5.95. The summed E-state index contributed by atoms with van der Waals surface area (Å²) < 4.78 is 11.3. The Labute approximate surface area is 128 Å². The van der Waals surface area contributed by atoms with E-state index >= 15 is 0 Å². The molecule has 0 amide bonds. The molecule has 2 N–H and O–H groups in total. The molecule has 1 aliphatic carbocycles. The highest BCUT2D eigenvalue weighted by molar-refractivity contribution is 5.39. The molecule has 2 unspecified atom stereocenters. The second-order valence-electron chi connectivity index (χ2n) is 5.95. The van der Waals surface area contributed by atoms with Gasteiger partial charge in [-0.1, -0.05) is 38.7 Å². The molecule has 0 bridgehead atoms. The minimum Gasteiger partial charge on any atom is -0.497 e. The van der Waals surface area contributed by atoms with E-state index in [0.717, 1.165) is 31.6 Å². The summed E-state index contributed by atoms with van der Waals surface area (Å²) in [6.07, 6.45) is 8.56. The van der Waals surface area contributed by atoms with E-state index in [1.807, 2.05) is 6.07 Å². The van der Waals surface area contributed by atoms with Crippen LogP contribution in [0.3, 0.4) is 0 Å². The van der Waals surface area contributed by atoms with Gasteiger partial charge in [-0.3, -0.25) is 0 Å². The molecule has 0 heterocycles. The van der Waals surface area contributed by atoms with Gasteiger partial charge in [-0.25, -0.2) is 0 Å². The summed E-state index contributed by atoms with van der Waals surface area (Å²) in [5, 5.41) is 0. The van der Waals surface area contributed by atoms with Crippen molar-refractivity contribution in [3.8, 4) is 5.75 Å². The number of hydrogen-bond acceptors (Lipinski definition) is 3. The van der Waals surface area contributed by atoms with Gasteiger partial charge in [-0.05, 0) is 42.5 Å². The lowest BCUT2D eigenvalue weighted by atomic mass is 9.86. The highest BCUT2D eigenvalue weighted by atomic mass is 16.5. The minimum absolute atomic E-state index is 0.0282. The zero-order valence-electron chi connectivity index (χ0n) is 13.4. The van der Waals surface area contributed by atoms with Crippen molar-refractivity contribution in [3.63, 3.8) is 0 Å². The van der Waals surface area contributed by atoms with Gasteiger partial charge >= 0.3 is 0 Å². The van der Waals surface area contributed by atoms with Gasteiger partial charge in [0, 0.05) is 6.61 Å². The first kappa shape index (κ1) is 16.3. The van der Waals surface area contributed by atoms with Crippen molar-refractivity contribution in [1.29, 1.82) is 0 Å². The fraction of sp³-hybridized carbons (Fsp3) is 0.667. The number of aryl methyl sites for hydroxylation is 1. The van der Waals surface area contributed by atoms with Crippen molar-refractivity contribution >= 4 is 0 Å². The third kappa shape index (κ3) is 4.45. The van der Waals surface area contributed by atoms with Crippen LogP contribution in [0.1, 0.15) is 62.6 Å². The predicted molar refractivity (Wildman–Crippen MR) is 86.7 cm³/mol. The maximum atomic E-state index is 6.40. The van der Waals surface area contributed by atoms with Crippen LogP contribution < -0.4 is 10.5 Å². The maximum absolute atomic E-state index is 6.40.